The van der Waals surface area contributed by atoms with Gasteiger partial charge in [-0.05, 0) is 37.1 Å². The average Bonchev–Trinajstić information content (AvgIpc) is 3.31. The lowest BCUT2D eigenvalue weighted by molar-refractivity contribution is -0.144. The maximum atomic E-state index is 13.8. The van der Waals surface area contributed by atoms with Crippen molar-refractivity contribution in [2.75, 3.05) is 18.0 Å². The second-order valence-corrected chi connectivity index (χ2v) is 7.75. The van der Waals surface area contributed by atoms with Gasteiger partial charge in [0, 0.05) is 13.1 Å². The number of hydrogen-bond donors (Lipinski definition) is 0. The Labute approximate surface area is 184 Å². The summed E-state index contributed by atoms with van der Waals surface area (Å²) in [6, 6.07) is 2.02. The fraction of sp³-hybridized carbons (Fsp3) is 0.368. The Morgan fingerprint density at radius 1 is 0.818 bits per heavy atom. The Balaban J connectivity index is 2.06. The van der Waals surface area contributed by atoms with Crippen molar-refractivity contribution >= 4 is 28.5 Å². The summed E-state index contributed by atoms with van der Waals surface area (Å²) in [5.74, 6) is -0.238. The van der Waals surface area contributed by atoms with Crippen LogP contribution in [0.5, 0.6) is 0 Å². The van der Waals surface area contributed by atoms with Crippen LogP contribution in [0, 0.1) is 0 Å². The van der Waals surface area contributed by atoms with E-state index in [1.54, 1.807) is 0 Å². The van der Waals surface area contributed by atoms with Crippen molar-refractivity contribution < 1.29 is 39.5 Å². The first kappa shape index (κ1) is 23.5. The van der Waals surface area contributed by atoms with E-state index in [0.717, 1.165) is 10.7 Å². The molecule has 0 atom stereocenters. The van der Waals surface area contributed by atoms with E-state index >= 15 is 0 Å². The van der Waals surface area contributed by atoms with Gasteiger partial charge in [-0.1, -0.05) is 11.6 Å². The Bertz CT molecular complexity index is 1210. The van der Waals surface area contributed by atoms with Crippen molar-refractivity contribution in [2.45, 2.75) is 31.4 Å². The van der Waals surface area contributed by atoms with Gasteiger partial charge >= 0.3 is 18.5 Å². The average molecular weight is 503 g/mol. The van der Waals surface area contributed by atoms with Crippen LogP contribution >= 0.6 is 11.6 Å². The van der Waals surface area contributed by atoms with Gasteiger partial charge in [-0.25, -0.2) is 9.67 Å². The first-order valence-corrected chi connectivity index (χ1v) is 9.76. The molecule has 0 amide bonds. The van der Waals surface area contributed by atoms with E-state index in [1.807, 2.05) is 0 Å². The van der Waals surface area contributed by atoms with E-state index in [2.05, 4.69) is 10.1 Å². The normalized spacial score (nSPS) is 15.6. The van der Waals surface area contributed by atoms with Gasteiger partial charge in [0.2, 0.25) is 0 Å². The van der Waals surface area contributed by atoms with Crippen LogP contribution in [-0.2, 0) is 18.5 Å². The number of alkyl halides is 9. The smallest absolute Gasteiger partial charge is 0.356 e. The lowest BCUT2D eigenvalue weighted by Crippen LogP contribution is -2.22. The van der Waals surface area contributed by atoms with E-state index in [-0.39, 0.29) is 30.7 Å². The molecule has 0 unspecified atom stereocenters. The molecule has 33 heavy (non-hydrogen) atoms. The zero-order valence-electron chi connectivity index (χ0n) is 16.2. The van der Waals surface area contributed by atoms with Gasteiger partial charge in [0.25, 0.3) is 0 Å². The number of hydrogen-bond acceptors (Lipinski definition) is 3. The third kappa shape index (κ3) is 4.30. The second kappa shape index (κ2) is 7.67. The molecule has 3 heterocycles. The summed E-state index contributed by atoms with van der Waals surface area (Å²) in [6.07, 6.45) is -13.9. The second-order valence-electron chi connectivity index (χ2n) is 7.34. The number of benzene rings is 1. The van der Waals surface area contributed by atoms with Crippen LogP contribution in [-0.4, -0.2) is 27.9 Å². The molecule has 14 heteroatoms. The topological polar surface area (TPSA) is 34.0 Å². The van der Waals surface area contributed by atoms with Crippen LogP contribution < -0.4 is 4.90 Å². The van der Waals surface area contributed by atoms with Crippen LogP contribution in [0.2, 0.25) is 5.02 Å². The van der Waals surface area contributed by atoms with Crippen molar-refractivity contribution in [1.82, 2.24) is 14.8 Å². The van der Waals surface area contributed by atoms with E-state index in [1.165, 1.54) is 4.90 Å². The molecule has 0 bridgehead atoms. The lowest BCUT2D eigenvalue weighted by atomic mass is 10.1. The quantitative estimate of drug-likeness (QED) is 0.364. The summed E-state index contributed by atoms with van der Waals surface area (Å²) >= 11 is 6.01. The molecule has 0 N–H and O–H groups in total. The highest BCUT2D eigenvalue weighted by Gasteiger charge is 2.42. The van der Waals surface area contributed by atoms with Gasteiger partial charge in [-0.3, -0.25) is 0 Å². The molecule has 0 saturated carbocycles. The van der Waals surface area contributed by atoms with Crippen molar-refractivity contribution in [3.63, 3.8) is 0 Å². The van der Waals surface area contributed by atoms with Crippen LogP contribution in [0.15, 0.2) is 24.3 Å². The fourth-order valence-corrected chi connectivity index (χ4v) is 3.95. The first-order valence-electron chi connectivity index (χ1n) is 9.38. The summed E-state index contributed by atoms with van der Waals surface area (Å²) in [5.41, 5.74) is -5.58. The third-order valence-electron chi connectivity index (χ3n) is 5.12. The van der Waals surface area contributed by atoms with Gasteiger partial charge in [0.15, 0.2) is 5.65 Å². The summed E-state index contributed by atoms with van der Waals surface area (Å²) in [6.45, 7) is 0.523. The lowest BCUT2D eigenvalue weighted by Gasteiger charge is -2.21. The highest BCUT2D eigenvalue weighted by molar-refractivity contribution is 6.32. The fourth-order valence-electron chi connectivity index (χ4n) is 3.69. The molecular weight excluding hydrogens is 491 g/mol. The molecule has 1 saturated heterocycles. The Hall–Kier alpha value is -2.70. The molecule has 1 aromatic carbocycles. The van der Waals surface area contributed by atoms with Gasteiger partial charge < -0.3 is 4.90 Å². The van der Waals surface area contributed by atoms with Crippen molar-refractivity contribution in [3.05, 3.63) is 46.1 Å². The van der Waals surface area contributed by atoms with Crippen molar-refractivity contribution in [2.24, 2.45) is 0 Å². The number of anilines is 1. The molecule has 4 nitrogen and oxygen atoms in total. The molecular formula is C19H12ClF9N4. The molecule has 1 aliphatic heterocycles. The van der Waals surface area contributed by atoms with Crippen LogP contribution in [0.25, 0.3) is 16.7 Å². The minimum atomic E-state index is -5.19. The molecule has 1 aliphatic rings. The molecule has 0 aliphatic carbocycles. The third-order valence-corrected chi connectivity index (χ3v) is 5.43. The number of pyridine rings is 1. The standard InChI is InChI=1S/C19H12ClF9N4/c20-11-7-9(17(21,22)23)3-4-12(11)33-16(32-5-1-2-6-32)14-10(18(24,25)26)8-13(19(27,28)29)30-15(14)31-33/h3-4,7-8H,1-2,5-6H2. The predicted molar refractivity (Wildman–Crippen MR) is 100 cm³/mol. The SMILES string of the molecule is FC(F)(F)c1ccc(-n2nc3nc(C(F)(F)F)cc(C(F)(F)F)c3c2N2CCCC2)c(Cl)c1. The zero-order chi connectivity index (χ0) is 24.3. The van der Waals surface area contributed by atoms with Gasteiger partial charge in [-0.15, -0.1) is 5.10 Å². The number of fused-ring (bicyclic) bond motifs is 1. The molecule has 4 rings (SSSR count). The Morgan fingerprint density at radius 3 is 1.97 bits per heavy atom. The predicted octanol–water partition coefficient (Wildman–Crippen LogP) is 6.73. The number of nitrogens with zero attached hydrogens (tertiary/aromatic N) is 4. The molecule has 0 spiro atoms. The van der Waals surface area contributed by atoms with Crippen LogP contribution in [0.3, 0.4) is 0 Å². The minimum Gasteiger partial charge on any atom is -0.356 e. The highest BCUT2D eigenvalue weighted by Crippen LogP contribution is 2.44. The zero-order valence-corrected chi connectivity index (χ0v) is 17.0. The summed E-state index contributed by atoms with van der Waals surface area (Å²) in [4.78, 5) is 4.74. The van der Waals surface area contributed by atoms with Gasteiger partial charge in [-0.2, -0.15) is 39.5 Å². The maximum absolute atomic E-state index is 13.8. The van der Waals surface area contributed by atoms with E-state index in [0.29, 0.717) is 25.0 Å². The first-order chi connectivity index (χ1) is 15.2. The number of rotatable bonds is 2. The van der Waals surface area contributed by atoms with E-state index in [4.69, 9.17) is 11.6 Å². The van der Waals surface area contributed by atoms with Gasteiger partial charge in [0.05, 0.1) is 27.2 Å². The van der Waals surface area contributed by atoms with E-state index in [9.17, 15) is 39.5 Å². The largest absolute Gasteiger partial charge is 0.433 e. The minimum absolute atomic E-state index is 0.0950. The van der Waals surface area contributed by atoms with Crippen molar-refractivity contribution in [1.29, 1.82) is 0 Å². The molecule has 1 fully saturated rings. The number of halogens is 10. The summed E-state index contributed by atoms with van der Waals surface area (Å²) in [7, 11) is 0. The molecule has 3 aromatic rings. The molecule has 0 radical (unpaired) electrons. The summed E-state index contributed by atoms with van der Waals surface area (Å²) in [5, 5.41) is 2.64. The number of aromatic nitrogens is 3. The summed E-state index contributed by atoms with van der Waals surface area (Å²) < 4.78 is 121. The Kier molecular flexibility index (Phi) is 5.45. The Morgan fingerprint density at radius 2 is 1.45 bits per heavy atom. The van der Waals surface area contributed by atoms with E-state index < -0.39 is 51.4 Å². The molecule has 178 valence electrons. The van der Waals surface area contributed by atoms with Crippen LogP contribution in [0.4, 0.5) is 45.3 Å². The monoisotopic (exact) mass is 502 g/mol. The maximum Gasteiger partial charge on any atom is 0.433 e. The van der Waals surface area contributed by atoms with Crippen LogP contribution in [0.1, 0.15) is 29.7 Å². The molecule has 2 aromatic heterocycles. The van der Waals surface area contributed by atoms with Crippen molar-refractivity contribution in [3.8, 4) is 5.69 Å². The highest BCUT2D eigenvalue weighted by atomic mass is 35.5. The van der Waals surface area contributed by atoms with Gasteiger partial charge in [0.1, 0.15) is 11.5 Å².